The maximum atomic E-state index is 13.5. The molecule has 0 heterocycles. The normalized spacial score (nSPS) is 12.8. The molecule has 17 heavy (non-hydrogen) atoms. The minimum Gasteiger partial charge on any atom is -0.311 e. The lowest BCUT2D eigenvalue weighted by Gasteiger charge is -2.18. The van der Waals surface area contributed by atoms with Crippen LogP contribution in [-0.2, 0) is 12.1 Å². The summed E-state index contributed by atoms with van der Waals surface area (Å²) in [5.41, 5.74) is -1.69. The fraction of sp³-hybridized carbons (Fsp3) is 0.455. The maximum Gasteiger partial charge on any atom is 0.416 e. The van der Waals surface area contributed by atoms with Crippen molar-refractivity contribution in [1.29, 1.82) is 0 Å². The van der Waals surface area contributed by atoms with Gasteiger partial charge in [0, 0.05) is 5.56 Å². The minimum atomic E-state index is -4.61. The van der Waals surface area contributed by atoms with E-state index >= 15 is 0 Å². The summed E-state index contributed by atoms with van der Waals surface area (Å²) in [4.78, 5) is 0. The van der Waals surface area contributed by atoms with E-state index in [1.807, 2.05) is 0 Å². The van der Waals surface area contributed by atoms with Gasteiger partial charge in [-0.2, -0.15) is 22.0 Å². The Hall–Kier alpha value is -1.17. The Labute approximate surface area is 95.6 Å². The van der Waals surface area contributed by atoms with E-state index in [-0.39, 0.29) is 0 Å². The first-order valence-corrected chi connectivity index (χ1v) is 5.03. The second-order valence-electron chi connectivity index (χ2n) is 3.56. The lowest BCUT2D eigenvalue weighted by molar-refractivity contribution is -0.137. The molecule has 0 radical (unpaired) electrons. The Morgan fingerprint density at radius 1 is 1.06 bits per heavy atom. The summed E-state index contributed by atoms with van der Waals surface area (Å²) in [7, 11) is 0. The average Bonchev–Trinajstić information content (AvgIpc) is 2.25. The van der Waals surface area contributed by atoms with Crippen LogP contribution in [0.5, 0.6) is 0 Å². The zero-order valence-corrected chi connectivity index (χ0v) is 9.11. The molecule has 0 bridgehead atoms. The lowest BCUT2D eigenvalue weighted by Crippen LogP contribution is -2.30. The Bertz CT molecular complexity index is 372. The Morgan fingerprint density at radius 2 is 1.65 bits per heavy atom. The van der Waals surface area contributed by atoms with Gasteiger partial charge in [-0.15, -0.1) is 0 Å². The zero-order valence-electron chi connectivity index (χ0n) is 9.11. The van der Waals surface area contributed by atoms with Gasteiger partial charge in [0.1, 0.15) is 0 Å². The molecule has 1 aromatic rings. The second-order valence-corrected chi connectivity index (χ2v) is 3.56. The molecule has 1 nitrogen and oxygen atoms in total. The number of halogens is 5. The predicted octanol–water partition coefficient (Wildman–Crippen LogP) is 3.41. The van der Waals surface area contributed by atoms with Crippen molar-refractivity contribution in [3.05, 3.63) is 35.4 Å². The van der Waals surface area contributed by atoms with Crippen molar-refractivity contribution >= 4 is 0 Å². The van der Waals surface area contributed by atoms with Crippen LogP contribution in [-0.4, -0.2) is 13.1 Å². The molecular weight excluding hydrogens is 241 g/mol. The monoisotopic (exact) mass is 253 g/mol. The van der Waals surface area contributed by atoms with Crippen LogP contribution in [0, 0.1) is 0 Å². The fourth-order valence-electron chi connectivity index (χ4n) is 1.31. The summed E-state index contributed by atoms with van der Waals surface area (Å²) < 4.78 is 64.0. The molecule has 0 saturated heterocycles. The van der Waals surface area contributed by atoms with E-state index in [4.69, 9.17) is 0 Å². The third-order valence-corrected chi connectivity index (χ3v) is 2.21. The van der Waals surface area contributed by atoms with Gasteiger partial charge in [0.15, 0.2) is 0 Å². The highest BCUT2D eigenvalue weighted by Crippen LogP contribution is 2.34. The molecule has 96 valence electrons. The number of benzene rings is 1. The van der Waals surface area contributed by atoms with Crippen molar-refractivity contribution in [2.24, 2.45) is 0 Å². The molecule has 0 aromatic heterocycles. The van der Waals surface area contributed by atoms with Crippen molar-refractivity contribution < 1.29 is 22.0 Å². The molecule has 1 rings (SSSR count). The molecule has 0 aliphatic rings. The largest absolute Gasteiger partial charge is 0.416 e. The van der Waals surface area contributed by atoms with E-state index in [1.165, 1.54) is 0 Å². The molecule has 6 heteroatoms. The number of hydrogen-bond donors (Lipinski definition) is 1. The summed E-state index contributed by atoms with van der Waals surface area (Å²) in [5, 5.41) is 2.41. The van der Waals surface area contributed by atoms with Crippen LogP contribution in [0.4, 0.5) is 22.0 Å². The van der Waals surface area contributed by atoms with Crippen LogP contribution in [0.3, 0.4) is 0 Å². The highest BCUT2D eigenvalue weighted by molar-refractivity contribution is 5.28. The summed E-state index contributed by atoms with van der Waals surface area (Å²) in [6.45, 7) is 1.29. The van der Waals surface area contributed by atoms with Crippen LogP contribution in [0.25, 0.3) is 0 Å². The second kappa shape index (κ2) is 5.00. The van der Waals surface area contributed by atoms with Crippen LogP contribution < -0.4 is 5.32 Å². The van der Waals surface area contributed by atoms with Crippen LogP contribution in [0.15, 0.2) is 24.3 Å². The van der Waals surface area contributed by atoms with Gasteiger partial charge in [-0.3, -0.25) is 0 Å². The van der Waals surface area contributed by atoms with Gasteiger partial charge in [0.05, 0.1) is 12.1 Å². The Balaban J connectivity index is 2.98. The third kappa shape index (κ3) is 3.66. The van der Waals surface area contributed by atoms with E-state index in [2.05, 4.69) is 5.32 Å². The highest BCUT2D eigenvalue weighted by Gasteiger charge is 2.35. The summed E-state index contributed by atoms with van der Waals surface area (Å²) >= 11 is 0. The van der Waals surface area contributed by atoms with Gasteiger partial charge in [0.25, 0.3) is 5.92 Å². The molecule has 1 N–H and O–H groups in total. The van der Waals surface area contributed by atoms with Gasteiger partial charge in [-0.1, -0.05) is 19.1 Å². The SMILES string of the molecule is CCNCC(F)(F)c1cccc(C(F)(F)F)c1. The van der Waals surface area contributed by atoms with Crippen LogP contribution >= 0.6 is 0 Å². The molecule has 0 saturated carbocycles. The first-order valence-electron chi connectivity index (χ1n) is 5.03. The predicted molar refractivity (Wildman–Crippen MR) is 53.9 cm³/mol. The molecule has 1 aromatic carbocycles. The van der Waals surface area contributed by atoms with Gasteiger partial charge in [0.2, 0.25) is 0 Å². The molecule has 0 aliphatic carbocycles. The molecule has 0 unspecified atom stereocenters. The molecule has 0 atom stereocenters. The number of alkyl halides is 5. The van der Waals surface area contributed by atoms with Gasteiger partial charge < -0.3 is 5.32 Å². The van der Waals surface area contributed by atoms with Gasteiger partial charge in [-0.05, 0) is 18.7 Å². The van der Waals surface area contributed by atoms with Crippen LogP contribution in [0.1, 0.15) is 18.1 Å². The number of hydrogen-bond acceptors (Lipinski definition) is 1. The van der Waals surface area contributed by atoms with E-state index in [0.29, 0.717) is 12.6 Å². The molecule has 0 spiro atoms. The standard InChI is InChI=1S/C11H12F5N/c1-2-17-7-10(12,13)8-4-3-5-9(6-8)11(14,15)16/h3-6,17H,2,7H2,1H3. The first kappa shape index (κ1) is 13.9. The molecule has 0 fully saturated rings. The Kier molecular flexibility index (Phi) is 4.08. The van der Waals surface area contributed by atoms with Crippen molar-refractivity contribution in [2.75, 3.05) is 13.1 Å². The third-order valence-electron chi connectivity index (χ3n) is 2.21. The summed E-state index contributed by atoms with van der Waals surface area (Å²) in [5.74, 6) is -3.31. The average molecular weight is 253 g/mol. The summed E-state index contributed by atoms with van der Waals surface area (Å²) in [6, 6.07) is 3.23. The van der Waals surface area contributed by atoms with E-state index in [0.717, 1.165) is 18.2 Å². The van der Waals surface area contributed by atoms with E-state index in [9.17, 15) is 22.0 Å². The molecule has 0 aliphatic heterocycles. The lowest BCUT2D eigenvalue weighted by atomic mass is 10.0. The van der Waals surface area contributed by atoms with E-state index in [1.54, 1.807) is 6.92 Å². The van der Waals surface area contributed by atoms with Crippen molar-refractivity contribution in [1.82, 2.24) is 5.32 Å². The molecule has 0 amide bonds. The first-order chi connectivity index (χ1) is 7.77. The van der Waals surface area contributed by atoms with Crippen molar-refractivity contribution in [2.45, 2.75) is 19.0 Å². The topological polar surface area (TPSA) is 12.0 Å². The highest BCUT2D eigenvalue weighted by atomic mass is 19.4. The quantitative estimate of drug-likeness (QED) is 0.811. The fourth-order valence-corrected chi connectivity index (χ4v) is 1.31. The van der Waals surface area contributed by atoms with E-state index < -0.39 is 29.8 Å². The maximum absolute atomic E-state index is 13.5. The Morgan fingerprint density at radius 3 is 2.18 bits per heavy atom. The van der Waals surface area contributed by atoms with Crippen molar-refractivity contribution in [3.63, 3.8) is 0 Å². The smallest absolute Gasteiger partial charge is 0.311 e. The van der Waals surface area contributed by atoms with Crippen molar-refractivity contribution in [3.8, 4) is 0 Å². The minimum absolute atomic E-state index is 0.328. The zero-order chi connectivity index (χ0) is 13.1. The van der Waals surface area contributed by atoms with Crippen LogP contribution in [0.2, 0.25) is 0 Å². The number of likely N-dealkylation sites (N-methyl/N-ethyl adjacent to an activating group) is 1. The summed E-state index contributed by atoms with van der Waals surface area (Å²) in [6.07, 6.45) is -4.61. The van der Waals surface area contributed by atoms with Gasteiger partial charge in [-0.25, -0.2) is 0 Å². The van der Waals surface area contributed by atoms with Gasteiger partial charge >= 0.3 is 6.18 Å². The number of rotatable bonds is 4. The molecular formula is C11H12F5N. The number of nitrogens with one attached hydrogen (secondary N) is 1.